The minimum absolute atomic E-state index is 0.0543. The van der Waals surface area contributed by atoms with Crippen molar-refractivity contribution in [1.29, 1.82) is 0 Å². The summed E-state index contributed by atoms with van der Waals surface area (Å²) in [5.74, 6) is -1.74. The molecule has 1 aromatic heterocycles. The number of benzene rings is 3. The third-order valence-electron chi connectivity index (χ3n) is 6.47. The Balaban J connectivity index is 1.22. The molecule has 37 heavy (non-hydrogen) atoms. The Morgan fingerprint density at radius 2 is 1.78 bits per heavy atom. The SMILES string of the molecule is N[C@@H](C(=O)N[C@@H]1C(=O)N2C(C(=O)O)=C(Sc3ccc4c(c3)oc3ccccc34)CS[C@H]12)c1ccccc1. The molecule has 3 aromatic carbocycles. The van der Waals surface area contributed by atoms with E-state index < -0.39 is 35.2 Å². The van der Waals surface area contributed by atoms with Crippen LogP contribution in [0.3, 0.4) is 0 Å². The molecule has 6 rings (SSSR count). The van der Waals surface area contributed by atoms with E-state index >= 15 is 0 Å². The number of fused-ring (bicyclic) bond motifs is 4. The minimum atomic E-state index is -1.18. The van der Waals surface area contributed by atoms with Gasteiger partial charge in [0.05, 0.1) is 0 Å². The van der Waals surface area contributed by atoms with E-state index in [1.54, 1.807) is 24.3 Å². The maximum absolute atomic E-state index is 13.0. The number of amides is 2. The van der Waals surface area contributed by atoms with Crippen molar-refractivity contribution in [1.82, 2.24) is 10.2 Å². The number of carbonyl (C=O) groups excluding carboxylic acids is 2. The number of nitrogens with one attached hydrogen (secondary N) is 1. The number of thioether (sulfide) groups is 2. The second kappa shape index (κ2) is 9.29. The molecular formula is C27H21N3O5S2. The molecule has 4 N–H and O–H groups in total. The van der Waals surface area contributed by atoms with E-state index in [2.05, 4.69) is 5.32 Å². The number of hydrogen-bond donors (Lipinski definition) is 3. The fourth-order valence-electron chi connectivity index (χ4n) is 4.64. The summed E-state index contributed by atoms with van der Waals surface area (Å²) in [6.07, 6.45) is 0. The van der Waals surface area contributed by atoms with Gasteiger partial charge in [-0.1, -0.05) is 60.3 Å². The number of furan rings is 1. The van der Waals surface area contributed by atoms with Gasteiger partial charge in [-0.25, -0.2) is 4.79 Å². The molecule has 0 bridgehead atoms. The van der Waals surface area contributed by atoms with Crippen molar-refractivity contribution in [3.63, 3.8) is 0 Å². The first-order valence-corrected chi connectivity index (χ1v) is 13.4. The molecule has 2 aliphatic rings. The molecular weight excluding hydrogens is 510 g/mol. The van der Waals surface area contributed by atoms with Crippen molar-refractivity contribution < 1.29 is 23.9 Å². The molecule has 0 unspecified atom stereocenters. The zero-order chi connectivity index (χ0) is 25.7. The van der Waals surface area contributed by atoms with Crippen LogP contribution in [0.15, 0.2) is 92.7 Å². The standard InChI is InChI=1S/C27H21N3O5S2/c28-21(14-6-2-1-3-7-14)24(31)29-22-25(32)30-23(27(33)34)20(13-36-26(22)30)37-15-10-11-17-16-8-4-5-9-18(16)35-19(17)12-15/h1-12,21-22,26H,13,28H2,(H,29,31)(H,33,34)/t21-,22-,26-/m1/s1. The summed E-state index contributed by atoms with van der Waals surface area (Å²) >= 11 is 2.72. The Morgan fingerprint density at radius 1 is 1.05 bits per heavy atom. The highest BCUT2D eigenvalue weighted by molar-refractivity contribution is 8.06. The van der Waals surface area contributed by atoms with Gasteiger partial charge in [0.2, 0.25) is 5.91 Å². The monoisotopic (exact) mass is 531 g/mol. The number of carbonyl (C=O) groups is 3. The van der Waals surface area contributed by atoms with E-state index in [9.17, 15) is 19.5 Å². The average Bonchev–Trinajstić information content (AvgIpc) is 3.29. The van der Waals surface area contributed by atoms with Crippen LogP contribution in [0.1, 0.15) is 11.6 Å². The van der Waals surface area contributed by atoms with Crippen LogP contribution < -0.4 is 11.1 Å². The molecule has 4 aromatic rings. The zero-order valence-corrected chi connectivity index (χ0v) is 20.9. The van der Waals surface area contributed by atoms with E-state index in [4.69, 9.17) is 10.2 Å². The van der Waals surface area contributed by atoms with Gasteiger partial charge in [0, 0.05) is 26.3 Å². The van der Waals surface area contributed by atoms with Crippen molar-refractivity contribution in [2.24, 2.45) is 5.73 Å². The fourth-order valence-corrected chi connectivity index (χ4v) is 7.14. The van der Waals surface area contributed by atoms with E-state index in [-0.39, 0.29) is 5.70 Å². The molecule has 10 heteroatoms. The van der Waals surface area contributed by atoms with Crippen molar-refractivity contribution in [3.8, 4) is 0 Å². The lowest BCUT2D eigenvalue weighted by molar-refractivity contribution is -0.150. The molecule has 2 aliphatic heterocycles. The summed E-state index contributed by atoms with van der Waals surface area (Å²) in [4.78, 5) is 40.6. The fraction of sp³-hybridized carbons (Fsp3) is 0.148. The second-order valence-electron chi connectivity index (χ2n) is 8.72. The van der Waals surface area contributed by atoms with Crippen LogP contribution in [0.5, 0.6) is 0 Å². The van der Waals surface area contributed by atoms with Gasteiger partial charge in [-0.2, -0.15) is 0 Å². The van der Waals surface area contributed by atoms with Crippen LogP contribution in [0.2, 0.25) is 0 Å². The molecule has 3 atom stereocenters. The molecule has 0 saturated carbocycles. The van der Waals surface area contributed by atoms with Gasteiger partial charge >= 0.3 is 5.97 Å². The summed E-state index contributed by atoms with van der Waals surface area (Å²) in [7, 11) is 0. The molecule has 3 heterocycles. The molecule has 0 radical (unpaired) electrons. The number of hydrogen-bond acceptors (Lipinski definition) is 7. The molecule has 0 aliphatic carbocycles. The van der Waals surface area contributed by atoms with Crippen molar-refractivity contribution in [2.75, 3.05) is 5.75 Å². The molecule has 1 fully saturated rings. The third kappa shape index (κ3) is 4.07. The van der Waals surface area contributed by atoms with Gasteiger partial charge < -0.3 is 20.6 Å². The van der Waals surface area contributed by atoms with Crippen LogP contribution in [0, 0.1) is 0 Å². The Hall–Kier alpha value is -3.73. The number of rotatable bonds is 6. The Kier molecular flexibility index (Phi) is 5.94. The number of nitrogens with zero attached hydrogens (tertiary/aromatic N) is 1. The van der Waals surface area contributed by atoms with Gasteiger partial charge in [0.1, 0.15) is 34.3 Å². The number of carboxylic acid groups (broad SMARTS) is 1. The Morgan fingerprint density at radius 3 is 2.57 bits per heavy atom. The lowest BCUT2D eigenvalue weighted by Crippen LogP contribution is -2.71. The lowest BCUT2D eigenvalue weighted by atomic mass is 10.0. The van der Waals surface area contributed by atoms with E-state index in [1.807, 2.05) is 48.5 Å². The van der Waals surface area contributed by atoms with Gasteiger partial charge in [-0.15, -0.1) is 11.8 Å². The number of para-hydroxylation sites is 1. The summed E-state index contributed by atoms with van der Waals surface area (Å²) in [5, 5.41) is 14.2. The number of carboxylic acids is 1. The smallest absolute Gasteiger partial charge is 0.353 e. The summed E-state index contributed by atoms with van der Waals surface area (Å²) < 4.78 is 5.96. The number of β-lactam (4-membered cyclic amide) rings is 1. The van der Waals surface area contributed by atoms with Gasteiger partial charge in [0.15, 0.2) is 0 Å². The average molecular weight is 532 g/mol. The normalized spacial score (nSPS) is 20.0. The van der Waals surface area contributed by atoms with Crippen molar-refractivity contribution >= 4 is 63.2 Å². The summed E-state index contributed by atoms with van der Waals surface area (Å²) in [6, 6.07) is 20.6. The summed E-state index contributed by atoms with van der Waals surface area (Å²) in [6.45, 7) is 0. The van der Waals surface area contributed by atoms with Gasteiger partial charge in [-0.3, -0.25) is 14.5 Å². The van der Waals surface area contributed by atoms with Crippen molar-refractivity contribution in [2.45, 2.75) is 22.4 Å². The maximum atomic E-state index is 13.0. The Labute approximate surface area is 219 Å². The predicted molar refractivity (Wildman–Crippen MR) is 143 cm³/mol. The second-order valence-corrected chi connectivity index (χ2v) is 11.0. The largest absolute Gasteiger partial charge is 0.477 e. The molecule has 0 spiro atoms. The van der Waals surface area contributed by atoms with Crippen molar-refractivity contribution in [3.05, 3.63) is 89.0 Å². The predicted octanol–water partition coefficient (Wildman–Crippen LogP) is 4.07. The zero-order valence-electron chi connectivity index (χ0n) is 19.3. The molecule has 8 nitrogen and oxygen atoms in total. The molecule has 186 valence electrons. The van der Waals surface area contributed by atoms with Crippen LogP contribution in [0.25, 0.3) is 21.9 Å². The first kappa shape index (κ1) is 23.7. The van der Waals surface area contributed by atoms with E-state index in [0.29, 0.717) is 21.8 Å². The van der Waals surface area contributed by atoms with Gasteiger partial charge in [-0.05, 0) is 29.8 Å². The third-order valence-corrected chi connectivity index (χ3v) is 9.00. The van der Waals surface area contributed by atoms with Crippen LogP contribution in [-0.2, 0) is 14.4 Å². The summed E-state index contributed by atoms with van der Waals surface area (Å²) in [5.41, 5.74) is 8.14. The van der Waals surface area contributed by atoms with Gasteiger partial charge in [0.25, 0.3) is 5.91 Å². The number of nitrogens with two attached hydrogens (primary N) is 1. The number of aliphatic carboxylic acids is 1. The molecule has 1 saturated heterocycles. The Bertz CT molecular complexity index is 1600. The highest BCUT2D eigenvalue weighted by Gasteiger charge is 2.54. The van der Waals surface area contributed by atoms with Crippen LogP contribution >= 0.6 is 23.5 Å². The van der Waals surface area contributed by atoms with Crippen LogP contribution in [0.4, 0.5) is 0 Å². The van der Waals surface area contributed by atoms with E-state index in [1.165, 1.54) is 28.4 Å². The highest BCUT2D eigenvalue weighted by atomic mass is 32.2. The quantitative estimate of drug-likeness (QED) is 0.318. The topological polar surface area (TPSA) is 126 Å². The minimum Gasteiger partial charge on any atom is -0.477 e. The lowest BCUT2D eigenvalue weighted by Gasteiger charge is -2.49. The van der Waals surface area contributed by atoms with Crippen LogP contribution in [-0.4, -0.2) is 45.0 Å². The first-order chi connectivity index (χ1) is 17.9. The highest BCUT2D eigenvalue weighted by Crippen LogP contribution is 2.45. The first-order valence-electron chi connectivity index (χ1n) is 11.5. The van der Waals surface area contributed by atoms with E-state index in [0.717, 1.165) is 21.3 Å². The molecule has 2 amide bonds. The maximum Gasteiger partial charge on any atom is 0.353 e.